The first-order valence-corrected chi connectivity index (χ1v) is 0.926. The van der Waals surface area contributed by atoms with Gasteiger partial charge in [-0.15, -0.1) is 0 Å². The third-order valence-corrected chi connectivity index (χ3v) is 0. The normalized spacial score (nSPS) is 4.50. The lowest BCUT2D eigenvalue weighted by atomic mass is 15.9. The van der Waals surface area contributed by atoms with Crippen LogP contribution in [0.15, 0.2) is 0 Å². The Hall–Kier alpha value is 0.757. The fourth-order valence-corrected chi connectivity index (χ4v) is 0. The molecule has 4 heavy (non-hydrogen) atoms. The van der Waals surface area contributed by atoms with Crippen molar-refractivity contribution in [1.29, 1.82) is 0 Å². The average molecular weight is 115 g/mol. The zero-order valence-electron chi connectivity index (χ0n) is 1.66. The molecule has 24 valence electrons. The molecule has 0 N–H and O–H groups in total. The van der Waals surface area contributed by atoms with Gasteiger partial charge in [0.25, 0.3) is 0 Å². The van der Waals surface area contributed by atoms with Gasteiger partial charge < -0.3 is 0 Å². The van der Waals surface area contributed by atoms with Gasteiger partial charge in [0.15, 0.2) is 0 Å². The predicted octanol–water partition coefficient (Wildman–Crippen LogP) is 0.930. The van der Waals surface area contributed by atoms with Gasteiger partial charge >= 0.3 is 0 Å². The van der Waals surface area contributed by atoms with Crippen LogP contribution in [0.25, 0.3) is 0 Å². The van der Waals surface area contributed by atoms with E-state index in [1.54, 1.807) is 0 Å². The van der Waals surface area contributed by atoms with Crippen molar-refractivity contribution < 1.29 is 3.84 Å². The topological polar surface area (TPSA) is 9.23 Å². The highest BCUT2D eigenvalue weighted by molar-refractivity contribution is 6.24. The fourth-order valence-electron chi connectivity index (χ4n) is 0. The van der Waals surface area contributed by atoms with Crippen molar-refractivity contribution in [2.75, 3.05) is 0 Å². The van der Waals surface area contributed by atoms with E-state index in [0.717, 1.165) is 0 Å². The average Bonchev–Trinajstić information content (AvgIpc) is 0.918. The summed E-state index contributed by atoms with van der Waals surface area (Å²) in [5.41, 5.74) is 0. The summed E-state index contributed by atoms with van der Waals surface area (Å²) in [6.07, 6.45) is 0. The Kier molecular flexibility index (Phi) is 20.4. The maximum absolute atomic E-state index is 4.26. The van der Waals surface area contributed by atoms with Crippen LogP contribution >= 0.6 is 23.7 Å². The third kappa shape index (κ3) is 14.9. The summed E-state index contributed by atoms with van der Waals surface area (Å²) in [7, 11) is 0. The second-order valence-corrected chi connectivity index (χ2v) is 0.525. The molecule has 0 spiro atoms. The molecule has 0 saturated carbocycles. The highest BCUT2D eigenvalue weighted by Gasteiger charge is 1.38. The molecular formula is Cl2OSi. The SMILES string of the molecule is ClOCl.[Si]. The predicted molar refractivity (Wildman–Crippen MR) is 18.5 cm³/mol. The second-order valence-electron chi connectivity index (χ2n) is 0.0583. The lowest BCUT2D eigenvalue weighted by Gasteiger charge is -1.46. The van der Waals surface area contributed by atoms with Crippen molar-refractivity contribution in [3.8, 4) is 0 Å². The molecule has 0 aromatic heterocycles. The zero-order valence-corrected chi connectivity index (χ0v) is 4.18. The summed E-state index contributed by atoms with van der Waals surface area (Å²) in [4.78, 5) is 0. The lowest BCUT2D eigenvalue weighted by Crippen LogP contribution is -1.15. The Bertz CT molecular complexity index is 6.00. The Labute approximate surface area is 39.2 Å². The van der Waals surface area contributed by atoms with Crippen LogP contribution < -0.4 is 0 Å². The van der Waals surface area contributed by atoms with E-state index in [2.05, 4.69) is 27.6 Å². The van der Waals surface area contributed by atoms with E-state index < -0.39 is 0 Å². The van der Waals surface area contributed by atoms with Crippen molar-refractivity contribution in [2.45, 2.75) is 0 Å². The molecule has 0 aliphatic heterocycles. The van der Waals surface area contributed by atoms with Crippen LogP contribution in [0.2, 0.25) is 0 Å². The van der Waals surface area contributed by atoms with E-state index in [1.807, 2.05) is 0 Å². The molecule has 0 rings (SSSR count). The van der Waals surface area contributed by atoms with Gasteiger partial charge in [0.05, 0.1) is 23.7 Å². The maximum atomic E-state index is 4.26. The molecule has 0 unspecified atom stereocenters. The first kappa shape index (κ1) is 8.83. The number of rotatable bonds is 0. The maximum Gasteiger partial charge on any atom is 0.0832 e. The fraction of sp³-hybridized carbons (Fsp3) is 0. The van der Waals surface area contributed by atoms with Crippen molar-refractivity contribution in [1.82, 2.24) is 0 Å². The van der Waals surface area contributed by atoms with E-state index in [4.69, 9.17) is 0 Å². The van der Waals surface area contributed by atoms with Crippen molar-refractivity contribution >= 4 is 34.7 Å². The van der Waals surface area contributed by atoms with E-state index in [9.17, 15) is 0 Å². The standard InChI is InChI=1S/Cl2O.Si/c1-3-2;. The minimum absolute atomic E-state index is 0. The second kappa shape index (κ2) is 9.25. The molecule has 0 heterocycles. The van der Waals surface area contributed by atoms with E-state index in [1.165, 1.54) is 0 Å². The quantitative estimate of drug-likeness (QED) is 0.426. The van der Waals surface area contributed by atoms with Crippen LogP contribution in [0, 0.1) is 0 Å². The first-order valence-electron chi connectivity index (χ1n) is 0.309. The molecule has 0 saturated heterocycles. The molecule has 0 amide bonds. The smallest absolute Gasteiger partial charge is 0.0832 e. The number of halogens is 2. The molecule has 0 atom stereocenters. The molecule has 1 nitrogen and oxygen atoms in total. The van der Waals surface area contributed by atoms with Gasteiger partial charge in [0.1, 0.15) is 0 Å². The molecular weight excluding hydrogens is 115 g/mol. The number of hydrogen-bond acceptors (Lipinski definition) is 1. The summed E-state index contributed by atoms with van der Waals surface area (Å²) in [6.45, 7) is 0. The van der Waals surface area contributed by atoms with Crippen molar-refractivity contribution in [3.05, 3.63) is 0 Å². The first-order chi connectivity index (χ1) is 1.41. The summed E-state index contributed by atoms with van der Waals surface area (Å²) in [5.74, 6) is 0. The molecule has 4 radical (unpaired) electrons. The minimum atomic E-state index is 0. The van der Waals surface area contributed by atoms with Crippen LogP contribution in [0.4, 0.5) is 0 Å². The Balaban J connectivity index is 0. The molecule has 0 fully saturated rings. The lowest BCUT2D eigenvalue weighted by molar-refractivity contribution is 0.697. The van der Waals surface area contributed by atoms with Crippen LogP contribution in [-0.4, -0.2) is 11.0 Å². The summed E-state index contributed by atoms with van der Waals surface area (Å²) >= 11 is 8.53. The molecule has 0 bridgehead atoms. The molecule has 0 aliphatic carbocycles. The Morgan fingerprint density at radius 2 is 1.25 bits per heavy atom. The highest BCUT2D eigenvalue weighted by Crippen LogP contribution is 1.78. The van der Waals surface area contributed by atoms with Crippen LogP contribution in [0.1, 0.15) is 0 Å². The third-order valence-electron chi connectivity index (χ3n) is 0. The Morgan fingerprint density at radius 1 is 1.25 bits per heavy atom. The molecule has 0 aromatic rings. The van der Waals surface area contributed by atoms with Crippen molar-refractivity contribution in [2.24, 2.45) is 0 Å². The molecule has 0 aromatic carbocycles. The van der Waals surface area contributed by atoms with Gasteiger partial charge in [0, 0.05) is 11.0 Å². The zero-order chi connectivity index (χ0) is 2.71. The number of hydrogen-bond donors (Lipinski definition) is 0. The van der Waals surface area contributed by atoms with E-state index in [0.29, 0.717) is 0 Å². The van der Waals surface area contributed by atoms with Gasteiger partial charge in [-0.1, -0.05) is 0 Å². The van der Waals surface area contributed by atoms with E-state index >= 15 is 0 Å². The summed E-state index contributed by atoms with van der Waals surface area (Å²) in [6, 6.07) is 0. The Morgan fingerprint density at radius 3 is 1.25 bits per heavy atom. The largest absolute Gasteiger partial charge is 0.166 e. The van der Waals surface area contributed by atoms with Crippen LogP contribution in [-0.2, 0) is 3.84 Å². The van der Waals surface area contributed by atoms with Crippen molar-refractivity contribution in [3.63, 3.8) is 0 Å². The monoisotopic (exact) mass is 114 g/mol. The van der Waals surface area contributed by atoms with Gasteiger partial charge in [-0.3, -0.25) is 0 Å². The minimum Gasteiger partial charge on any atom is -0.166 e. The van der Waals surface area contributed by atoms with Gasteiger partial charge in [-0.2, -0.15) is 3.84 Å². The summed E-state index contributed by atoms with van der Waals surface area (Å²) < 4.78 is 3.19. The van der Waals surface area contributed by atoms with Crippen LogP contribution in [0.5, 0.6) is 0 Å². The van der Waals surface area contributed by atoms with E-state index in [-0.39, 0.29) is 11.0 Å². The molecule has 4 heteroatoms. The van der Waals surface area contributed by atoms with Crippen LogP contribution in [0.3, 0.4) is 0 Å². The summed E-state index contributed by atoms with van der Waals surface area (Å²) in [5, 5.41) is 0. The molecule has 0 aliphatic rings. The van der Waals surface area contributed by atoms with Gasteiger partial charge in [-0.25, -0.2) is 0 Å². The highest BCUT2D eigenvalue weighted by atomic mass is 35.6. The van der Waals surface area contributed by atoms with Gasteiger partial charge in [0.2, 0.25) is 0 Å². The van der Waals surface area contributed by atoms with Gasteiger partial charge in [-0.05, 0) is 0 Å².